The smallest absolute Gasteiger partial charge is 0.432 e. The number of hydrogen-bond donors (Lipinski definition) is 1. The lowest BCUT2D eigenvalue weighted by Gasteiger charge is -2.46. The first-order chi connectivity index (χ1) is 12.7. The summed E-state index contributed by atoms with van der Waals surface area (Å²) < 4.78 is 11.2. The molecule has 1 heterocycles. The third-order valence-corrected chi connectivity index (χ3v) is 4.77. The first-order valence-electron chi connectivity index (χ1n) is 8.69. The normalized spacial score (nSPS) is 19.7. The van der Waals surface area contributed by atoms with Crippen molar-refractivity contribution in [2.75, 3.05) is 5.06 Å². The van der Waals surface area contributed by atoms with Gasteiger partial charge in [-0.1, -0.05) is 42.8 Å². The predicted molar refractivity (Wildman–Crippen MR) is 106 cm³/mol. The van der Waals surface area contributed by atoms with Gasteiger partial charge in [0.1, 0.15) is 5.60 Å². The van der Waals surface area contributed by atoms with Crippen LogP contribution in [-0.2, 0) is 25.5 Å². The van der Waals surface area contributed by atoms with Crippen molar-refractivity contribution in [1.82, 2.24) is 0 Å². The number of halogens is 1. The molecule has 0 saturated carbocycles. The zero-order valence-electron chi connectivity index (χ0n) is 16.8. The van der Waals surface area contributed by atoms with Crippen molar-refractivity contribution in [1.29, 1.82) is 0 Å². The van der Waals surface area contributed by atoms with Crippen molar-refractivity contribution in [2.45, 2.75) is 59.2 Å². The van der Waals surface area contributed by atoms with Crippen LogP contribution in [0.5, 0.6) is 0 Å². The van der Waals surface area contributed by atoms with Gasteiger partial charge in [-0.3, -0.25) is 9.63 Å². The van der Waals surface area contributed by atoms with Gasteiger partial charge in [-0.25, -0.2) is 9.59 Å². The van der Waals surface area contributed by atoms with Gasteiger partial charge in [-0.2, -0.15) is 0 Å². The van der Waals surface area contributed by atoms with Crippen molar-refractivity contribution in [3.63, 3.8) is 0 Å². The number of amides is 2. The summed E-state index contributed by atoms with van der Waals surface area (Å²) in [4.78, 5) is 42.6. The number of anilines is 1. The topological polar surface area (TPSA) is 108 Å². The van der Waals surface area contributed by atoms with E-state index in [1.807, 2.05) is 0 Å². The molecule has 0 saturated heterocycles. The van der Waals surface area contributed by atoms with Crippen molar-refractivity contribution in [2.24, 2.45) is 11.1 Å². The fourth-order valence-corrected chi connectivity index (χ4v) is 3.27. The number of nitrogens with zero attached hydrogens (tertiary/aromatic N) is 1. The Morgan fingerprint density at radius 1 is 1.18 bits per heavy atom. The molecule has 0 unspecified atom stereocenters. The number of nitrogens with two attached hydrogens (primary N) is 1. The summed E-state index contributed by atoms with van der Waals surface area (Å²) in [5, 5.41) is 0.811. The summed E-state index contributed by atoms with van der Waals surface area (Å²) in [7, 11) is 0. The zero-order chi connectivity index (χ0) is 21.5. The molecule has 0 aliphatic carbocycles. The lowest BCUT2D eigenvalue weighted by molar-refractivity contribution is -0.158. The highest BCUT2D eigenvalue weighted by atomic mass is 79.9. The van der Waals surface area contributed by atoms with Crippen molar-refractivity contribution >= 4 is 39.8 Å². The molecule has 0 fully saturated rings. The number of primary amides is 1. The number of hydroxylamine groups is 1. The average molecular weight is 457 g/mol. The molecule has 1 aromatic rings. The Morgan fingerprint density at radius 2 is 1.79 bits per heavy atom. The van der Waals surface area contributed by atoms with E-state index in [1.165, 1.54) is 0 Å². The van der Waals surface area contributed by atoms with Gasteiger partial charge in [0.25, 0.3) is 0 Å². The third kappa shape index (κ3) is 4.40. The Morgan fingerprint density at radius 3 is 2.29 bits per heavy atom. The highest BCUT2D eigenvalue weighted by Gasteiger charge is 2.58. The second kappa shape index (κ2) is 7.27. The predicted octanol–water partition coefficient (Wildman–Crippen LogP) is 4.09. The number of carbonyl (C=O) groups excluding carboxylic acids is 3. The molecule has 154 valence electrons. The van der Waals surface area contributed by atoms with E-state index in [2.05, 4.69) is 15.9 Å². The molecule has 28 heavy (non-hydrogen) atoms. The zero-order valence-corrected chi connectivity index (χ0v) is 18.4. The summed E-state index contributed by atoms with van der Waals surface area (Å²) in [5.41, 5.74) is 2.92. The summed E-state index contributed by atoms with van der Waals surface area (Å²) in [5.74, 6) is -0.727. The monoisotopic (exact) mass is 456 g/mol. The van der Waals surface area contributed by atoms with Crippen LogP contribution < -0.4 is 10.8 Å². The van der Waals surface area contributed by atoms with Gasteiger partial charge in [0.15, 0.2) is 0 Å². The molecule has 0 bridgehead atoms. The molecule has 2 amide bonds. The molecule has 1 atom stereocenters. The highest BCUT2D eigenvalue weighted by molar-refractivity contribution is 9.10. The van der Waals surface area contributed by atoms with Crippen LogP contribution in [-0.4, -0.2) is 29.4 Å². The Bertz CT molecular complexity index is 812. The molecule has 0 spiro atoms. The van der Waals surface area contributed by atoms with E-state index >= 15 is 0 Å². The van der Waals surface area contributed by atoms with Crippen LogP contribution in [0.1, 0.15) is 47.1 Å². The van der Waals surface area contributed by atoms with Gasteiger partial charge in [0, 0.05) is 16.3 Å². The maximum Gasteiger partial charge on any atom is 0.534 e. The number of fused-ring (bicyclic) bond motifs is 1. The minimum atomic E-state index is -1.67. The second-order valence-corrected chi connectivity index (χ2v) is 9.52. The first kappa shape index (κ1) is 22.0. The minimum Gasteiger partial charge on any atom is -0.432 e. The third-order valence-electron chi connectivity index (χ3n) is 4.28. The summed E-state index contributed by atoms with van der Waals surface area (Å²) >= 11 is 3.35. The molecule has 0 radical (unpaired) electrons. The van der Waals surface area contributed by atoms with Crippen molar-refractivity contribution < 1.29 is 28.7 Å². The van der Waals surface area contributed by atoms with Crippen LogP contribution in [0.3, 0.4) is 0 Å². The largest absolute Gasteiger partial charge is 0.534 e. The van der Waals surface area contributed by atoms with Gasteiger partial charge < -0.3 is 15.2 Å². The Hall–Kier alpha value is -2.29. The van der Waals surface area contributed by atoms with E-state index in [1.54, 1.807) is 59.7 Å². The average Bonchev–Trinajstić information content (AvgIpc) is 2.48. The van der Waals surface area contributed by atoms with Gasteiger partial charge in [-0.15, -0.1) is 5.06 Å². The van der Waals surface area contributed by atoms with E-state index < -0.39 is 34.8 Å². The van der Waals surface area contributed by atoms with Crippen LogP contribution in [0.4, 0.5) is 15.3 Å². The van der Waals surface area contributed by atoms with Crippen LogP contribution in [0.25, 0.3) is 0 Å². The lowest BCUT2D eigenvalue weighted by atomic mass is 9.70. The van der Waals surface area contributed by atoms with Gasteiger partial charge in [0.2, 0.25) is 5.60 Å². The molecule has 1 aromatic carbocycles. The SMILES string of the molecule is CC(C)(C)OC(=O)ON1C(=O)[C@@](OC(N)=O)(C(C)(C)C)Cc2ccc(Br)cc21. The van der Waals surface area contributed by atoms with E-state index in [-0.39, 0.29) is 6.42 Å². The van der Waals surface area contributed by atoms with E-state index in [4.69, 9.17) is 20.0 Å². The fourth-order valence-electron chi connectivity index (χ4n) is 2.92. The standard InChI is InChI=1S/C19H25BrN2O6/c1-17(2,3)19(26-15(21)24)10-11-7-8-12(20)9-13(11)22(14(19)23)28-16(25)27-18(4,5)6/h7-9H,10H2,1-6H3,(H2,21,24)/t19-/m1/s1. The van der Waals surface area contributed by atoms with Crippen LogP contribution in [0.15, 0.2) is 22.7 Å². The summed E-state index contributed by atoms with van der Waals surface area (Å²) in [6, 6.07) is 5.16. The fraction of sp³-hybridized carbons (Fsp3) is 0.526. The Labute approximate surface area is 172 Å². The maximum absolute atomic E-state index is 13.4. The molecule has 1 aliphatic heterocycles. The second-order valence-electron chi connectivity index (χ2n) is 8.60. The summed E-state index contributed by atoms with van der Waals surface area (Å²) in [6.07, 6.45) is -2.08. The lowest BCUT2D eigenvalue weighted by Crippen LogP contribution is -2.63. The molecule has 1 aliphatic rings. The molecule has 0 aromatic heterocycles. The highest BCUT2D eigenvalue weighted by Crippen LogP contribution is 2.45. The number of ether oxygens (including phenoxy) is 2. The minimum absolute atomic E-state index is 0.0784. The Balaban J connectivity index is 2.58. The van der Waals surface area contributed by atoms with Gasteiger partial charge in [0.05, 0.1) is 5.69 Å². The van der Waals surface area contributed by atoms with Crippen LogP contribution >= 0.6 is 15.9 Å². The van der Waals surface area contributed by atoms with E-state index in [0.29, 0.717) is 15.7 Å². The number of rotatable bonds is 2. The quantitative estimate of drug-likeness (QED) is 0.671. The number of benzene rings is 1. The number of carbonyl (C=O) groups is 3. The van der Waals surface area contributed by atoms with E-state index in [9.17, 15) is 14.4 Å². The van der Waals surface area contributed by atoms with Crippen molar-refractivity contribution in [3.05, 3.63) is 28.2 Å². The van der Waals surface area contributed by atoms with E-state index in [0.717, 1.165) is 5.06 Å². The summed E-state index contributed by atoms with van der Waals surface area (Å²) in [6.45, 7) is 10.2. The van der Waals surface area contributed by atoms with Gasteiger partial charge >= 0.3 is 18.2 Å². The molecule has 9 heteroatoms. The first-order valence-corrected chi connectivity index (χ1v) is 9.48. The van der Waals surface area contributed by atoms with Gasteiger partial charge in [-0.05, 0) is 38.5 Å². The molecular formula is C19H25BrN2O6. The number of hydrogen-bond acceptors (Lipinski definition) is 6. The molecule has 2 N–H and O–H groups in total. The molecule has 8 nitrogen and oxygen atoms in total. The molecule has 2 rings (SSSR count). The van der Waals surface area contributed by atoms with Crippen LogP contribution in [0, 0.1) is 5.41 Å². The maximum atomic E-state index is 13.4. The van der Waals surface area contributed by atoms with Crippen molar-refractivity contribution in [3.8, 4) is 0 Å². The molecular weight excluding hydrogens is 432 g/mol. The Kier molecular flexibility index (Phi) is 5.71. The van der Waals surface area contributed by atoms with Crippen LogP contribution in [0.2, 0.25) is 0 Å².